The summed E-state index contributed by atoms with van der Waals surface area (Å²) in [5.41, 5.74) is 11.9. The van der Waals surface area contributed by atoms with Gasteiger partial charge >= 0.3 is 5.97 Å². The van der Waals surface area contributed by atoms with Crippen molar-refractivity contribution in [1.82, 2.24) is 9.55 Å². The zero-order valence-electron chi connectivity index (χ0n) is 17.5. The summed E-state index contributed by atoms with van der Waals surface area (Å²) in [6, 6.07) is 5.72. The fourth-order valence-electron chi connectivity index (χ4n) is 5.56. The summed E-state index contributed by atoms with van der Waals surface area (Å²) in [7, 11) is 0. The van der Waals surface area contributed by atoms with E-state index in [4.69, 9.17) is 15.5 Å². The summed E-state index contributed by atoms with van der Waals surface area (Å²) < 4.78 is 6.83. The Hall–Kier alpha value is -3.03. The molecule has 7 nitrogen and oxygen atoms in total. The van der Waals surface area contributed by atoms with Gasteiger partial charge in [-0.05, 0) is 55.0 Å². The molecule has 0 radical (unpaired) electrons. The SMILES string of the molecule is CC[C@@]1(O)C(=O)OCc2c1cc1n(c2=O)Cc2c-1nc1ccc(C)c3c1c2C(N)CC3. The van der Waals surface area contributed by atoms with Gasteiger partial charge in [-0.3, -0.25) is 4.79 Å². The lowest BCUT2D eigenvalue weighted by molar-refractivity contribution is -0.172. The van der Waals surface area contributed by atoms with Crippen LogP contribution in [0, 0.1) is 6.92 Å². The van der Waals surface area contributed by atoms with Gasteiger partial charge in [-0.2, -0.15) is 0 Å². The van der Waals surface area contributed by atoms with Crippen LogP contribution in [0.25, 0.3) is 22.3 Å². The first-order valence-corrected chi connectivity index (χ1v) is 10.7. The van der Waals surface area contributed by atoms with Crippen LogP contribution in [0.2, 0.25) is 0 Å². The van der Waals surface area contributed by atoms with Crippen LogP contribution in [-0.4, -0.2) is 20.6 Å². The quantitative estimate of drug-likeness (QED) is 0.460. The number of pyridine rings is 2. The van der Waals surface area contributed by atoms with E-state index in [2.05, 4.69) is 13.0 Å². The van der Waals surface area contributed by atoms with E-state index < -0.39 is 11.6 Å². The Balaban J connectivity index is 1.69. The van der Waals surface area contributed by atoms with E-state index in [9.17, 15) is 14.7 Å². The zero-order chi connectivity index (χ0) is 21.7. The average Bonchev–Trinajstić information content (AvgIpc) is 3.13. The molecule has 2 aromatic heterocycles. The third kappa shape index (κ3) is 2.22. The summed E-state index contributed by atoms with van der Waals surface area (Å²) in [5, 5.41) is 12.1. The third-order valence-electron chi connectivity index (χ3n) is 7.32. The van der Waals surface area contributed by atoms with E-state index in [-0.39, 0.29) is 24.6 Å². The highest BCUT2D eigenvalue weighted by molar-refractivity contribution is 5.93. The van der Waals surface area contributed by atoms with Crippen LogP contribution in [0.4, 0.5) is 0 Å². The number of carbonyl (C=O) groups is 1. The Morgan fingerprint density at radius 1 is 1.29 bits per heavy atom. The number of nitrogens with zero attached hydrogens (tertiary/aromatic N) is 2. The van der Waals surface area contributed by atoms with Gasteiger partial charge in [0.15, 0.2) is 5.60 Å². The largest absolute Gasteiger partial charge is 0.458 e. The van der Waals surface area contributed by atoms with E-state index in [1.54, 1.807) is 17.6 Å². The molecule has 4 heterocycles. The molecule has 2 atom stereocenters. The number of nitrogens with two attached hydrogens (primary N) is 1. The van der Waals surface area contributed by atoms with Gasteiger partial charge in [0.2, 0.25) is 0 Å². The molecule has 6 rings (SSSR count). The van der Waals surface area contributed by atoms with E-state index in [1.165, 1.54) is 11.1 Å². The van der Waals surface area contributed by atoms with E-state index in [0.717, 1.165) is 34.9 Å². The van der Waals surface area contributed by atoms with Crippen molar-refractivity contribution in [3.05, 3.63) is 61.9 Å². The van der Waals surface area contributed by atoms with Gasteiger partial charge in [-0.1, -0.05) is 13.0 Å². The summed E-state index contributed by atoms with van der Waals surface area (Å²) in [6.07, 6.45) is 1.89. The summed E-state index contributed by atoms with van der Waals surface area (Å²) >= 11 is 0. The van der Waals surface area contributed by atoms with Crippen LogP contribution < -0.4 is 11.3 Å². The number of esters is 1. The normalized spacial score (nSPS) is 23.4. The monoisotopic (exact) mass is 417 g/mol. The number of hydrogen-bond donors (Lipinski definition) is 2. The topological polar surface area (TPSA) is 107 Å². The molecule has 0 spiro atoms. The molecule has 2 aliphatic heterocycles. The minimum absolute atomic E-state index is 0.120. The van der Waals surface area contributed by atoms with Crippen molar-refractivity contribution in [3.8, 4) is 11.4 Å². The van der Waals surface area contributed by atoms with Crippen molar-refractivity contribution in [3.63, 3.8) is 0 Å². The Bertz CT molecular complexity index is 1390. The van der Waals surface area contributed by atoms with E-state index >= 15 is 0 Å². The van der Waals surface area contributed by atoms with Gasteiger partial charge in [-0.15, -0.1) is 0 Å². The lowest BCUT2D eigenvalue weighted by Gasteiger charge is -2.31. The van der Waals surface area contributed by atoms with Gasteiger partial charge in [0, 0.05) is 22.6 Å². The lowest BCUT2D eigenvalue weighted by Crippen LogP contribution is -2.44. The molecule has 7 heteroatoms. The zero-order valence-corrected chi connectivity index (χ0v) is 17.5. The van der Waals surface area contributed by atoms with Crippen LogP contribution >= 0.6 is 0 Å². The number of aryl methyl sites for hydroxylation is 2. The Kier molecular flexibility index (Phi) is 3.63. The maximum atomic E-state index is 13.4. The van der Waals surface area contributed by atoms with Gasteiger partial charge in [-0.25, -0.2) is 9.78 Å². The van der Waals surface area contributed by atoms with Crippen LogP contribution in [0.3, 0.4) is 0 Å². The average molecular weight is 417 g/mol. The molecule has 0 amide bonds. The van der Waals surface area contributed by atoms with Crippen LogP contribution in [0.15, 0.2) is 23.0 Å². The molecule has 0 bridgehead atoms. The maximum absolute atomic E-state index is 13.4. The smallest absolute Gasteiger partial charge is 0.343 e. The second kappa shape index (κ2) is 6.02. The van der Waals surface area contributed by atoms with Crippen LogP contribution in [0.1, 0.15) is 59.2 Å². The molecule has 3 aliphatic rings. The molecule has 31 heavy (non-hydrogen) atoms. The molecular formula is C24H23N3O4. The molecule has 158 valence electrons. The number of aromatic nitrogens is 2. The second-order valence-electron chi connectivity index (χ2n) is 8.86. The first-order valence-electron chi connectivity index (χ1n) is 10.7. The molecule has 1 unspecified atom stereocenters. The molecule has 3 aromatic rings. The van der Waals surface area contributed by atoms with Gasteiger partial charge in [0.25, 0.3) is 5.56 Å². The predicted octanol–water partition coefficient (Wildman–Crippen LogP) is 2.33. The van der Waals surface area contributed by atoms with Crippen LogP contribution in [-0.2, 0) is 34.7 Å². The molecule has 0 fully saturated rings. The Morgan fingerprint density at radius 3 is 2.87 bits per heavy atom. The van der Waals surface area contributed by atoms with Crippen molar-refractivity contribution in [2.75, 3.05) is 0 Å². The fourth-order valence-corrected chi connectivity index (χ4v) is 5.56. The minimum atomic E-state index is -1.82. The minimum Gasteiger partial charge on any atom is -0.458 e. The molecule has 0 saturated carbocycles. The first-order chi connectivity index (χ1) is 14.8. The number of hydrogen-bond acceptors (Lipinski definition) is 6. The molecule has 3 N–H and O–H groups in total. The van der Waals surface area contributed by atoms with Crippen molar-refractivity contribution in [2.24, 2.45) is 5.73 Å². The number of carbonyl (C=O) groups excluding carboxylic acids is 1. The summed E-state index contributed by atoms with van der Waals surface area (Å²) in [6.45, 7) is 4.07. The highest BCUT2D eigenvalue weighted by Crippen LogP contribution is 2.44. The number of rotatable bonds is 1. The van der Waals surface area contributed by atoms with Crippen molar-refractivity contribution >= 4 is 16.9 Å². The van der Waals surface area contributed by atoms with Gasteiger partial charge < -0.3 is 20.1 Å². The lowest BCUT2D eigenvalue weighted by atomic mass is 9.82. The number of ether oxygens (including phenoxy) is 1. The first kappa shape index (κ1) is 18.7. The standard InChI is InChI=1S/C24H23N3O4/c1-3-24(30)15-8-18-21-13(9-27(18)22(28)14(15)10-31-23(24)29)19-16(25)6-5-12-11(2)4-7-17(26-21)20(12)19/h4,7-8,16,30H,3,5-6,9-10,25H2,1-2H3/t16?,24-/m0/s1. The number of aliphatic hydroxyl groups is 1. The van der Waals surface area contributed by atoms with Gasteiger partial charge in [0.05, 0.1) is 29.0 Å². The number of cyclic esters (lactones) is 1. The predicted molar refractivity (Wildman–Crippen MR) is 115 cm³/mol. The van der Waals surface area contributed by atoms with Crippen molar-refractivity contribution in [2.45, 2.75) is 57.9 Å². The molecular weight excluding hydrogens is 394 g/mol. The fraction of sp³-hybridized carbons (Fsp3) is 0.375. The highest BCUT2D eigenvalue weighted by atomic mass is 16.6. The van der Waals surface area contributed by atoms with Crippen molar-refractivity contribution < 1.29 is 14.6 Å². The maximum Gasteiger partial charge on any atom is 0.343 e. The van der Waals surface area contributed by atoms with E-state index in [0.29, 0.717) is 29.1 Å². The number of benzene rings is 1. The van der Waals surface area contributed by atoms with E-state index in [1.807, 2.05) is 6.07 Å². The molecule has 1 aromatic carbocycles. The Labute approximate surface area is 178 Å². The molecule has 1 aliphatic carbocycles. The summed E-state index contributed by atoms with van der Waals surface area (Å²) in [4.78, 5) is 30.7. The second-order valence-corrected chi connectivity index (χ2v) is 8.86. The Morgan fingerprint density at radius 2 is 2.10 bits per heavy atom. The van der Waals surface area contributed by atoms with Crippen LogP contribution in [0.5, 0.6) is 0 Å². The van der Waals surface area contributed by atoms with Crippen molar-refractivity contribution in [1.29, 1.82) is 0 Å². The molecule has 0 saturated heterocycles. The number of fused-ring (bicyclic) bond motifs is 5. The third-order valence-corrected chi connectivity index (χ3v) is 7.32. The van der Waals surface area contributed by atoms with Gasteiger partial charge in [0.1, 0.15) is 6.61 Å². The highest BCUT2D eigenvalue weighted by Gasteiger charge is 2.45. The summed E-state index contributed by atoms with van der Waals surface area (Å²) in [5.74, 6) is -0.714.